The molecular formula is C21H29Cl2N3O3. The van der Waals surface area contributed by atoms with Gasteiger partial charge in [-0.2, -0.15) is 0 Å². The molecule has 4 N–H and O–H groups in total. The summed E-state index contributed by atoms with van der Waals surface area (Å²) < 4.78 is 6.02. The second-order valence-corrected chi connectivity index (χ2v) is 7.64. The number of ether oxygens (including phenoxy) is 1. The fraction of sp³-hybridized carbons (Fsp3) is 0.381. The molecule has 1 fully saturated rings. The van der Waals surface area contributed by atoms with E-state index in [1.807, 2.05) is 38.1 Å². The number of carbonyl (C=O) groups excluding carboxylic acids is 1. The quantitative estimate of drug-likeness (QED) is 0.596. The Balaban J connectivity index is 0.00000210. The number of nitrogens with two attached hydrogens (primary N) is 1. The van der Waals surface area contributed by atoms with E-state index in [4.69, 9.17) is 10.5 Å². The van der Waals surface area contributed by atoms with Crippen LogP contribution in [-0.2, 0) is 0 Å². The maximum atomic E-state index is 12.4. The smallest absolute Gasteiger partial charge is 0.255 e. The maximum absolute atomic E-state index is 12.4. The molecular weight excluding hydrogens is 413 g/mol. The van der Waals surface area contributed by atoms with Crippen LogP contribution in [0.15, 0.2) is 48.5 Å². The average molecular weight is 442 g/mol. The van der Waals surface area contributed by atoms with Crippen molar-refractivity contribution in [3.63, 3.8) is 0 Å². The number of likely N-dealkylation sites (tertiary alicyclic amines) is 1. The van der Waals surface area contributed by atoms with E-state index >= 15 is 0 Å². The largest absolute Gasteiger partial charge is 0.489 e. The number of amides is 1. The molecule has 1 atom stereocenters. The summed E-state index contributed by atoms with van der Waals surface area (Å²) in [5, 5.41) is 12.7. The van der Waals surface area contributed by atoms with Crippen LogP contribution in [0.4, 0.5) is 11.4 Å². The number of hydrogen-bond acceptors (Lipinski definition) is 5. The number of anilines is 2. The molecule has 160 valence electrons. The number of aliphatic hydroxyl groups is 1. The zero-order chi connectivity index (χ0) is 19.4. The van der Waals surface area contributed by atoms with Gasteiger partial charge >= 0.3 is 0 Å². The van der Waals surface area contributed by atoms with E-state index in [2.05, 4.69) is 10.2 Å². The standard InChI is InChI=1S/C21H27N3O3.2ClH/c1-21(2,26)14-24-12-11-17(13-24)27-16-9-7-15(8-10-16)20(25)23-19-6-4-3-5-18(19)22;;/h3-10,17,26H,11-14,22H2,1-2H3,(H,23,25);2*1H/t17-;;/m0../s1. The van der Waals surface area contributed by atoms with Crippen LogP contribution in [0.5, 0.6) is 5.75 Å². The Labute approximate surface area is 184 Å². The van der Waals surface area contributed by atoms with E-state index in [0.29, 0.717) is 23.5 Å². The number of β-amino-alcohol motifs (C(OH)–C–C–N with tert-alkyl or cyclic N) is 1. The SMILES string of the molecule is CC(C)(O)CN1CC[C@H](Oc2ccc(C(=O)Nc3ccccc3N)cc2)C1.Cl.Cl. The molecule has 0 bridgehead atoms. The first-order valence-electron chi connectivity index (χ1n) is 9.17. The minimum atomic E-state index is -0.702. The van der Waals surface area contributed by atoms with Crippen LogP contribution in [0.1, 0.15) is 30.6 Å². The number of para-hydroxylation sites is 2. The van der Waals surface area contributed by atoms with Crippen LogP contribution in [0.25, 0.3) is 0 Å². The summed E-state index contributed by atoms with van der Waals surface area (Å²) in [4.78, 5) is 14.6. The van der Waals surface area contributed by atoms with Crippen molar-refractivity contribution in [2.75, 3.05) is 30.7 Å². The van der Waals surface area contributed by atoms with E-state index in [1.54, 1.807) is 24.3 Å². The molecule has 8 heteroatoms. The van der Waals surface area contributed by atoms with Gasteiger partial charge in [0.05, 0.1) is 17.0 Å². The van der Waals surface area contributed by atoms with Crippen molar-refractivity contribution >= 4 is 42.1 Å². The number of carbonyl (C=O) groups is 1. The van der Waals surface area contributed by atoms with E-state index in [1.165, 1.54) is 0 Å². The number of halogens is 2. The fourth-order valence-corrected chi connectivity index (χ4v) is 3.27. The van der Waals surface area contributed by atoms with Crippen molar-refractivity contribution in [2.45, 2.75) is 32.0 Å². The van der Waals surface area contributed by atoms with Gasteiger partial charge in [-0.3, -0.25) is 9.69 Å². The number of nitrogen functional groups attached to an aromatic ring is 1. The van der Waals surface area contributed by atoms with Crippen LogP contribution >= 0.6 is 24.8 Å². The molecule has 0 unspecified atom stereocenters. The second kappa shape index (κ2) is 10.7. The predicted octanol–water partition coefficient (Wildman–Crippen LogP) is 3.59. The molecule has 0 aliphatic carbocycles. The van der Waals surface area contributed by atoms with E-state index in [-0.39, 0.29) is 36.8 Å². The summed E-state index contributed by atoms with van der Waals surface area (Å²) >= 11 is 0. The molecule has 2 aromatic carbocycles. The third-order valence-corrected chi connectivity index (χ3v) is 4.47. The van der Waals surface area contributed by atoms with Gasteiger partial charge in [-0.15, -0.1) is 24.8 Å². The molecule has 1 heterocycles. The number of hydrogen-bond donors (Lipinski definition) is 3. The highest BCUT2D eigenvalue weighted by Gasteiger charge is 2.27. The zero-order valence-electron chi connectivity index (χ0n) is 16.6. The van der Waals surface area contributed by atoms with E-state index < -0.39 is 5.60 Å². The van der Waals surface area contributed by atoms with Crippen molar-refractivity contribution in [2.24, 2.45) is 0 Å². The lowest BCUT2D eigenvalue weighted by Gasteiger charge is -2.25. The van der Waals surface area contributed by atoms with Gasteiger partial charge in [-0.25, -0.2) is 0 Å². The van der Waals surface area contributed by atoms with Crippen molar-refractivity contribution < 1.29 is 14.6 Å². The first-order valence-corrected chi connectivity index (χ1v) is 9.17. The van der Waals surface area contributed by atoms with Crippen molar-refractivity contribution in [1.29, 1.82) is 0 Å². The predicted molar refractivity (Wildman–Crippen MR) is 122 cm³/mol. The first-order chi connectivity index (χ1) is 12.8. The monoisotopic (exact) mass is 441 g/mol. The molecule has 3 rings (SSSR count). The molecule has 1 amide bonds. The van der Waals surface area contributed by atoms with E-state index in [9.17, 15) is 9.90 Å². The Bertz CT molecular complexity index is 795. The van der Waals surface area contributed by atoms with Gasteiger partial charge in [0.2, 0.25) is 0 Å². The number of benzene rings is 2. The van der Waals surface area contributed by atoms with Crippen LogP contribution in [-0.4, -0.2) is 47.3 Å². The Morgan fingerprint density at radius 2 is 1.86 bits per heavy atom. The Morgan fingerprint density at radius 3 is 2.48 bits per heavy atom. The lowest BCUT2D eigenvalue weighted by Crippen LogP contribution is -2.38. The lowest BCUT2D eigenvalue weighted by molar-refractivity contribution is 0.0407. The van der Waals surface area contributed by atoms with Gasteiger partial charge in [-0.1, -0.05) is 12.1 Å². The fourth-order valence-electron chi connectivity index (χ4n) is 3.27. The summed E-state index contributed by atoms with van der Waals surface area (Å²) in [5.74, 6) is 0.526. The molecule has 1 saturated heterocycles. The molecule has 29 heavy (non-hydrogen) atoms. The zero-order valence-corrected chi connectivity index (χ0v) is 18.3. The number of nitrogens with zero attached hydrogens (tertiary/aromatic N) is 1. The van der Waals surface area contributed by atoms with Crippen LogP contribution in [0.3, 0.4) is 0 Å². The maximum Gasteiger partial charge on any atom is 0.255 e. The average Bonchev–Trinajstić information content (AvgIpc) is 3.02. The highest BCUT2D eigenvalue weighted by molar-refractivity contribution is 6.05. The number of rotatable bonds is 6. The van der Waals surface area contributed by atoms with Crippen molar-refractivity contribution in [1.82, 2.24) is 4.90 Å². The molecule has 1 aliphatic rings. The second-order valence-electron chi connectivity index (χ2n) is 7.64. The van der Waals surface area contributed by atoms with Gasteiger partial charge in [0, 0.05) is 25.2 Å². The first kappa shape index (κ1) is 25.0. The van der Waals surface area contributed by atoms with Gasteiger partial charge in [0.25, 0.3) is 5.91 Å². The molecule has 2 aromatic rings. The van der Waals surface area contributed by atoms with Crippen molar-refractivity contribution in [3.05, 3.63) is 54.1 Å². The topological polar surface area (TPSA) is 87.8 Å². The molecule has 6 nitrogen and oxygen atoms in total. The van der Waals surface area contributed by atoms with Crippen LogP contribution in [0.2, 0.25) is 0 Å². The Morgan fingerprint density at radius 1 is 1.21 bits per heavy atom. The van der Waals surface area contributed by atoms with Crippen LogP contribution < -0.4 is 15.8 Å². The highest BCUT2D eigenvalue weighted by Crippen LogP contribution is 2.22. The summed E-state index contributed by atoms with van der Waals surface area (Å²) in [6.45, 7) is 5.96. The lowest BCUT2D eigenvalue weighted by atomic mass is 10.1. The van der Waals surface area contributed by atoms with Crippen molar-refractivity contribution in [3.8, 4) is 5.75 Å². The summed E-state index contributed by atoms with van der Waals surface area (Å²) in [5.41, 5.74) is 6.83. The van der Waals surface area contributed by atoms with Crippen LogP contribution in [0, 0.1) is 0 Å². The Hall–Kier alpha value is -1.99. The number of nitrogens with one attached hydrogen (secondary N) is 1. The molecule has 0 spiro atoms. The highest BCUT2D eigenvalue weighted by atomic mass is 35.5. The summed E-state index contributed by atoms with van der Waals surface area (Å²) in [6.07, 6.45) is 1.02. The molecule has 0 radical (unpaired) electrons. The molecule has 0 aromatic heterocycles. The van der Waals surface area contributed by atoms with E-state index in [0.717, 1.165) is 25.3 Å². The summed E-state index contributed by atoms with van der Waals surface area (Å²) in [6, 6.07) is 14.3. The van der Waals surface area contributed by atoms with Gasteiger partial charge in [-0.05, 0) is 56.7 Å². The summed E-state index contributed by atoms with van der Waals surface area (Å²) in [7, 11) is 0. The minimum absolute atomic E-state index is 0. The van der Waals surface area contributed by atoms with Gasteiger partial charge < -0.3 is 20.9 Å². The molecule has 1 aliphatic heterocycles. The minimum Gasteiger partial charge on any atom is -0.489 e. The third-order valence-electron chi connectivity index (χ3n) is 4.47. The van der Waals surface area contributed by atoms with Gasteiger partial charge in [0.15, 0.2) is 0 Å². The normalized spacial score (nSPS) is 16.4. The Kier molecular flexibility index (Phi) is 9.23. The third kappa shape index (κ3) is 7.40. The van der Waals surface area contributed by atoms with Gasteiger partial charge in [0.1, 0.15) is 11.9 Å². The molecule has 0 saturated carbocycles.